The van der Waals surface area contributed by atoms with Crippen molar-refractivity contribution >= 4 is 11.6 Å². The van der Waals surface area contributed by atoms with Crippen molar-refractivity contribution in [2.45, 2.75) is 58.0 Å². The van der Waals surface area contributed by atoms with Crippen LogP contribution in [0.25, 0.3) is 0 Å². The van der Waals surface area contributed by atoms with E-state index >= 15 is 0 Å². The van der Waals surface area contributed by atoms with Crippen LogP contribution in [-0.2, 0) is 6.54 Å². The molecule has 1 aliphatic carbocycles. The van der Waals surface area contributed by atoms with Crippen LogP contribution in [0.4, 0.5) is 5.69 Å². The summed E-state index contributed by atoms with van der Waals surface area (Å²) in [4.78, 5) is 12.2. The normalized spacial score (nSPS) is 16.7. The van der Waals surface area contributed by atoms with E-state index in [2.05, 4.69) is 12.2 Å². The van der Waals surface area contributed by atoms with Crippen molar-refractivity contribution < 1.29 is 4.79 Å². The summed E-state index contributed by atoms with van der Waals surface area (Å²) in [6.07, 6.45) is 8.81. The van der Waals surface area contributed by atoms with E-state index in [9.17, 15) is 4.79 Å². The predicted molar refractivity (Wildman–Crippen MR) is 73.5 cm³/mol. The molecule has 0 aromatic carbocycles. The molecule has 0 spiro atoms. The number of nitrogens with zero attached hydrogens (tertiary/aromatic N) is 1. The number of aromatic nitrogens is 1. The van der Waals surface area contributed by atoms with Crippen molar-refractivity contribution in [2.24, 2.45) is 0 Å². The Labute approximate surface area is 109 Å². The highest BCUT2D eigenvalue weighted by atomic mass is 16.2. The predicted octanol–water partition coefficient (Wildman–Crippen LogP) is 2.54. The van der Waals surface area contributed by atoms with E-state index in [4.69, 9.17) is 5.73 Å². The third kappa shape index (κ3) is 3.06. The van der Waals surface area contributed by atoms with E-state index < -0.39 is 0 Å². The van der Waals surface area contributed by atoms with Crippen LogP contribution < -0.4 is 11.1 Å². The number of nitrogen functional groups attached to an aromatic ring is 1. The summed E-state index contributed by atoms with van der Waals surface area (Å²) in [5, 5.41) is 3.13. The van der Waals surface area contributed by atoms with Gasteiger partial charge in [-0.2, -0.15) is 0 Å². The standard InChI is InChI=1S/C14H23N3O/c1-2-8-17-10-11(15)9-13(17)14(18)16-12-6-4-3-5-7-12/h9-10,12H,2-8,15H2,1H3,(H,16,18). The Balaban J connectivity index is 2.03. The molecule has 1 aromatic heterocycles. The highest BCUT2D eigenvalue weighted by molar-refractivity contribution is 5.94. The van der Waals surface area contributed by atoms with Gasteiger partial charge >= 0.3 is 0 Å². The molecule has 1 amide bonds. The van der Waals surface area contributed by atoms with Gasteiger partial charge in [0.2, 0.25) is 0 Å². The van der Waals surface area contributed by atoms with Crippen LogP contribution in [-0.4, -0.2) is 16.5 Å². The molecule has 2 rings (SSSR count). The Hall–Kier alpha value is -1.45. The SMILES string of the molecule is CCCn1cc(N)cc1C(=O)NC1CCCCC1. The maximum atomic E-state index is 12.2. The average molecular weight is 249 g/mol. The lowest BCUT2D eigenvalue weighted by Crippen LogP contribution is -2.37. The van der Waals surface area contributed by atoms with Crippen molar-refractivity contribution in [3.63, 3.8) is 0 Å². The smallest absolute Gasteiger partial charge is 0.268 e. The number of carbonyl (C=O) groups excluding carboxylic acids is 1. The Bertz CT molecular complexity index is 405. The first-order valence-electron chi connectivity index (χ1n) is 6.97. The van der Waals surface area contributed by atoms with E-state index in [-0.39, 0.29) is 5.91 Å². The fraction of sp³-hybridized carbons (Fsp3) is 0.643. The number of nitrogens with two attached hydrogens (primary N) is 1. The lowest BCUT2D eigenvalue weighted by Gasteiger charge is -2.23. The molecular weight excluding hydrogens is 226 g/mol. The molecule has 1 aromatic rings. The van der Waals surface area contributed by atoms with E-state index in [1.165, 1.54) is 19.3 Å². The maximum Gasteiger partial charge on any atom is 0.268 e. The van der Waals surface area contributed by atoms with Crippen molar-refractivity contribution in [3.05, 3.63) is 18.0 Å². The number of hydrogen-bond donors (Lipinski definition) is 2. The number of carbonyl (C=O) groups is 1. The highest BCUT2D eigenvalue weighted by Gasteiger charge is 2.19. The van der Waals surface area contributed by atoms with Crippen molar-refractivity contribution in [2.75, 3.05) is 5.73 Å². The van der Waals surface area contributed by atoms with Crippen LogP contribution in [0.2, 0.25) is 0 Å². The van der Waals surface area contributed by atoms with Gasteiger partial charge in [0.25, 0.3) is 5.91 Å². The minimum Gasteiger partial charge on any atom is -0.397 e. The number of aryl methyl sites for hydroxylation is 1. The summed E-state index contributed by atoms with van der Waals surface area (Å²) in [6.45, 7) is 2.93. The van der Waals surface area contributed by atoms with E-state index in [0.717, 1.165) is 25.8 Å². The van der Waals surface area contributed by atoms with E-state index in [0.29, 0.717) is 17.4 Å². The second-order valence-corrected chi connectivity index (χ2v) is 5.16. The molecular formula is C14H23N3O. The Morgan fingerprint density at radius 1 is 1.44 bits per heavy atom. The third-order valence-corrected chi connectivity index (χ3v) is 3.56. The quantitative estimate of drug-likeness (QED) is 0.861. The topological polar surface area (TPSA) is 60.0 Å². The number of rotatable bonds is 4. The molecule has 1 heterocycles. The molecule has 1 aliphatic rings. The lowest BCUT2D eigenvalue weighted by molar-refractivity contribution is 0.0918. The Morgan fingerprint density at radius 2 is 2.17 bits per heavy atom. The zero-order valence-electron chi connectivity index (χ0n) is 11.1. The summed E-state index contributed by atoms with van der Waals surface area (Å²) in [6, 6.07) is 2.12. The molecule has 18 heavy (non-hydrogen) atoms. The largest absolute Gasteiger partial charge is 0.397 e. The highest BCUT2D eigenvalue weighted by Crippen LogP contribution is 2.18. The number of anilines is 1. The molecule has 0 radical (unpaired) electrons. The van der Waals surface area contributed by atoms with Gasteiger partial charge in [-0.1, -0.05) is 26.2 Å². The number of nitrogens with one attached hydrogen (secondary N) is 1. The van der Waals surface area contributed by atoms with Gasteiger partial charge in [0.15, 0.2) is 0 Å². The number of amides is 1. The minimum atomic E-state index is 0.0204. The molecule has 0 aliphatic heterocycles. The third-order valence-electron chi connectivity index (χ3n) is 3.56. The monoisotopic (exact) mass is 249 g/mol. The first kappa shape index (κ1) is 13.0. The van der Waals surface area contributed by atoms with E-state index in [1.807, 2.05) is 10.8 Å². The molecule has 4 nitrogen and oxygen atoms in total. The summed E-state index contributed by atoms with van der Waals surface area (Å²) in [5.74, 6) is 0.0204. The molecule has 0 unspecified atom stereocenters. The molecule has 1 saturated carbocycles. The summed E-state index contributed by atoms with van der Waals surface area (Å²) >= 11 is 0. The summed E-state index contributed by atoms with van der Waals surface area (Å²) in [5.41, 5.74) is 7.14. The second kappa shape index (κ2) is 5.94. The molecule has 0 bridgehead atoms. The van der Waals surface area contributed by atoms with E-state index in [1.54, 1.807) is 6.07 Å². The van der Waals surface area contributed by atoms with Gasteiger partial charge in [-0.15, -0.1) is 0 Å². The van der Waals surface area contributed by atoms with Gasteiger partial charge in [0.1, 0.15) is 5.69 Å². The lowest BCUT2D eigenvalue weighted by atomic mass is 9.95. The molecule has 1 fully saturated rings. The first-order chi connectivity index (χ1) is 8.70. The molecule has 4 heteroatoms. The van der Waals surface area contributed by atoms with Gasteiger partial charge in [0.05, 0.1) is 5.69 Å². The maximum absolute atomic E-state index is 12.2. The minimum absolute atomic E-state index is 0.0204. The van der Waals surface area contributed by atoms with Gasteiger partial charge in [-0.3, -0.25) is 4.79 Å². The summed E-state index contributed by atoms with van der Waals surface area (Å²) in [7, 11) is 0. The van der Waals surface area contributed by atoms with Crippen molar-refractivity contribution in [1.29, 1.82) is 0 Å². The van der Waals surface area contributed by atoms with Gasteiger partial charge < -0.3 is 15.6 Å². The molecule has 0 atom stereocenters. The van der Waals surface area contributed by atoms with Crippen molar-refractivity contribution in [1.82, 2.24) is 9.88 Å². The zero-order chi connectivity index (χ0) is 13.0. The van der Waals surface area contributed by atoms with Gasteiger partial charge in [-0.05, 0) is 25.3 Å². The van der Waals surface area contributed by atoms with Crippen LogP contribution in [0.15, 0.2) is 12.3 Å². The molecule has 3 N–H and O–H groups in total. The summed E-state index contributed by atoms with van der Waals surface area (Å²) < 4.78 is 1.95. The molecule has 0 saturated heterocycles. The van der Waals surface area contributed by atoms with Crippen molar-refractivity contribution in [3.8, 4) is 0 Å². The second-order valence-electron chi connectivity index (χ2n) is 5.16. The molecule has 100 valence electrons. The number of hydrogen-bond acceptors (Lipinski definition) is 2. The van der Waals surface area contributed by atoms with Crippen LogP contribution in [0.3, 0.4) is 0 Å². The Morgan fingerprint density at radius 3 is 2.83 bits per heavy atom. The average Bonchev–Trinajstić information content (AvgIpc) is 2.72. The van der Waals surface area contributed by atoms with Gasteiger partial charge in [-0.25, -0.2) is 0 Å². The fourth-order valence-electron chi connectivity index (χ4n) is 2.66. The fourth-order valence-corrected chi connectivity index (χ4v) is 2.66. The van der Waals surface area contributed by atoms with Gasteiger partial charge in [0, 0.05) is 18.8 Å². The Kier molecular flexibility index (Phi) is 4.28. The first-order valence-corrected chi connectivity index (χ1v) is 6.97. The van der Waals surface area contributed by atoms with Crippen LogP contribution in [0.5, 0.6) is 0 Å². The van der Waals surface area contributed by atoms with Crippen LogP contribution in [0, 0.1) is 0 Å². The van der Waals surface area contributed by atoms with Crippen LogP contribution in [0.1, 0.15) is 55.9 Å². The van der Waals surface area contributed by atoms with Crippen LogP contribution >= 0.6 is 0 Å². The zero-order valence-corrected chi connectivity index (χ0v) is 11.1.